The Bertz CT molecular complexity index is 353. The number of aryl methyl sites for hydroxylation is 1. The fourth-order valence-electron chi connectivity index (χ4n) is 1.21. The molecule has 0 aromatic carbocycles. The Hall–Kier alpha value is -1.98. The Morgan fingerprint density at radius 1 is 1.47 bits per heavy atom. The normalized spacial score (nSPS) is 9.67. The van der Waals surface area contributed by atoms with E-state index in [2.05, 4.69) is 15.6 Å². The number of aromatic nitrogens is 1. The van der Waals surface area contributed by atoms with E-state index in [4.69, 9.17) is 16.6 Å². The molecular formula is C9H16N6. The number of nitrogens with two attached hydrogens (primary N) is 1. The van der Waals surface area contributed by atoms with E-state index in [1.807, 2.05) is 19.1 Å². The molecule has 6 heteroatoms. The fraction of sp³-hybridized carbons (Fsp3) is 0.333. The molecule has 6 nitrogen and oxygen atoms in total. The van der Waals surface area contributed by atoms with Gasteiger partial charge in [0.05, 0.1) is 0 Å². The van der Waals surface area contributed by atoms with Gasteiger partial charge in [0.1, 0.15) is 0 Å². The number of aromatic amines is 1. The fourth-order valence-corrected chi connectivity index (χ4v) is 1.21. The van der Waals surface area contributed by atoms with Crippen LogP contribution >= 0.6 is 0 Å². The first-order valence-corrected chi connectivity index (χ1v) is 4.66. The summed E-state index contributed by atoms with van der Waals surface area (Å²) in [4.78, 5) is 3.19. The first-order valence-electron chi connectivity index (χ1n) is 4.66. The van der Waals surface area contributed by atoms with Crippen LogP contribution in [0.2, 0.25) is 0 Å². The second-order valence-corrected chi connectivity index (χ2v) is 3.26. The van der Waals surface area contributed by atoms with Crippen LogP contribution in [0.4, 0.5) is 0 Å². The maximum Gasteiger partial charge on any atom is 0.195 e. The van der Waals surface area contributed by atoms with Crippen LogP contribution in [0, 0.1) is 17.7 Å². The third-order valence-electron chi connectivity index (χ3n) is 1.85. The lowest BCUT2D eigenvalue weighted by Gasteiger charge is -2.07. The molecule has 7 N–H and O–H groups in total. The summed E-state index contributed by atoms with van der Waals surface area (Å²) < 4.78 is 0. The number of nitrogens with one attached hydrogen (secondary N) is 5. The summed E-state index contributed by atoms with van der Waals surface area (Å²) in [6.45, 7) is 2.62. The number of H-pyrrole nitrogens is 1. The van der Waals surface area contributed by atoms with Gasteiger partial charge in [0, 0.05) is 24.4 Å². The minimum absolute atomic E-state index is 0.0470. The molecule has 0 fully saturated rings. The van der Waals surface area contributed by atoms with Gasteiger partial charge in [-0.05, 0) is 19.1 Å². The molecule has 0 unspecified atom stereocenters. The van der Waals surface area contributed by atoms with Crippen molar-refractivity contribution in [3.05, 3.63) is 23.5 Å². The Morgan fingerprint density at radius 2 is 2.20 bits per heavy atom. The van der Waals surface area contributed by atoms with Gasteiger partial charge in [-0.3, -0.25) is 16.1 Å². The molecule has 0 aliphatic heterocycles. The lowest BCUT2D eigenvalue weighted by atomic mass is 10.3. The summed E-state index contributed by atoms with van der Waals surface area (Å²) in [6, 6.07) is 4.02. The summed E-state index contributed by atoms with van der Waals surface area (Å²) in [7, 11) is 0. The molecule has 0 radical (unpaired) electrons. The molecule has 1 heterocycles. The van der Waals surface area contributed by atoms with Gasteiger partial charge in [-0.25, -0.2) is 0 Å². The van der Waals surface area contributed by atoms with Gasteiger partial charge in [-0.15, -0.1) is 0 Å². The van der Waals surface area contributed by atoms with E-state index in [1.165, 1.54) is 0 Å². The van der Waals surface area contributed by atoms with Gasteiger partial charge >= 0.3 is 0 Å². The number of guanidine groups is 2. The van der Waals surface area contributed by atoms with Gasteiger partial charge in [0.2, 0.25) is 0 Å². The van der Waals surface area contributed by atoms with Gasteiger partial charge in [0.25, 0.3) is 0 Å². The summed E-state index contributed by atoms with van der Waals surface area (Å²) in [5.41, 5.74) is 7.31. The van der Waals surface area contributed by atoms with Crippen molar-refractivity contribution in [1.29, 1.82) is 10.8 Å². The average Bonchev–Trinajstić information content (AvgIpc) is 2.50. The van der Waals surface area contributed by atoms with Crippen LogP contribution < -0.4 is 16.4 Å². The molecule has 0 aliphatic carbocycles. The first kappa shape index (κ1) is 11.1. The summed E-state index contributed by atoms with van der Waals surface area (Å²) in [5, 5.41) is 19.4. The maximum absolute atomic E-state index is 7.34. The van der Waals surface area contributed by atoms with E-state index in [1.54, 1.807) is 0 Å². The lowest BCUT2D eigenvalue weighted by molar-refractivity contribution is 0.824. The predicted octanol–water partition coefficient (Wildman–Crippen LogP) is -0.127. The summed E-state index contributed by atoms with van der Waals surface area (Å²) in [6.07, 6.45) is 0.801. The number of hydrogen-bond acceptors (Lipinski definition) is 2. The Labute approximate surface area is 88.3 Å². The molecule has 1 rings (SSSR count). The smallest absolute Gasteiger partial charge is 0.195 e. The lowest BCUT2D eigenvalue weighted by Crippen LogP contribution is -2.43. The third kappa shape index (κ3) is 4.17. The van der Waals surface area contributed by atoms with Crippen molar-refractivity contribution in [3.8, 4) is 0 Å². The van der Waals surface area contributed by atoms with Crippen LogP contribution in [0.25, 0.3) is 0 Å². The van der Waals surface area contributed by atoms with Crippen LogP contribution in [0.3, 0.4) is 0 Å². The van der Waals surface area contributed by atoms with E-state index in [9.17, 15) is 0 Å². The largest absolute Gasteiger partial charge is 0.370 e. The standard InChI is InChI=1S/C9H16N6/c1-6-2-3-7(14-6)4-5-13-9(12)15-8(10)11/h2-3,14H,4-5H2,1H3,(H6,10,11,12,13,15). The second kappa shape index (κ2) is 5.04. The van der Waals surface area contributed by atoms with Crippen molar-refractivity contribution in [2.75, 3.05) is 6.54 Å². The highest BCUT2D eigenvalue weighted by Crippen LogP contribution is 1.99. The van der Waals surface area contributed by atoms with E-state index in [-0.39, 0.29) is 11.9 Å². The van der Waals surface area contributed by atoms with Gasteiger partial charge < -0.3 is 16.0 Å². The molecule has 0 saturated carbocycles. The number of hydrogen-bond donors (Lipinski definition) is 6. The van der Waals surface area contributed by atoms with E-state index < -0.39 is 0 Å². The Morgan fingerprint density at radius 3 is 2.73 bits per heavy atom. The Balaban J connectivity index is 2.22. The zero-order valence-corrected chi connectivity index (χ0v) is 8.65. The van der Waals surface area contributed by atoms with E-state index in [0.717, 1.165) is 17.8 Å². The van der Waals surface area contributed by atoms with Crippen LogP contribution in [0.5, 0.6) is 0 Å². The second-order valence-electron chi connectivity index (χ2n) is 3.26. The quantitative estimate of drug-likeness (QED) is 0.307. The summed E-state index contributed by atoms with van der Waals surface area (Å²) >= 11 is 0. The van der Waals surface area contributed by atoms with Crippen molar-refractivity contribution in [2.24, 2.45) is 5.73 Å². The van der Waals surface area contributed by atoms with Gasteiger partial charge in [-0.1, -0.05) is 0 Å². The highest BCUT2D eigenvalue weighted by atomic mass is 15.2. The van der Waals surface area contributed by atoms with E-state index >= 15 is 0 Å². The predicted molar refractivity (Wildman–Crippen MR) is 60.0 cm³/mol. The van der Waals surface area contributed by atoms with E-state index in [0.29, 0.717) is 6.54 Å². The zero-order valence-electron chi connectivity index (χ0n) is 8.65. The van der Waals surface area contributed by atoms with Crippen molar-refractivity contribution in [2.45, 2.75) is 13.3 Å². The average molecular weight is 208 g/mol. The van der Waals surface area contributed by atoms with Gasteiger partial charge in [-0.2, -0.15) is 0 Å². The third-order valence-corrected chi connectivity index (χ3v) is 1.85. The van der Waals surface area contributed by atoms with Crippen LogP contribution in [-0.2, 0) is 6.42 Å². The highest BCUT2D eigenvalue weighted by molar-refractivity contribution is 5.94. The minimum Gasteiger partial charge on any atom is -0.370 e. The van der Waals surface area contributed by atoms with Crippen molar-refractivity contribution in [3.63, 3.8) is 0 Å². The molecule has 0 atom stereocenters. The van der Waals surface area contributed by atoms with Crippen LogP contribution in [0.15, 0.2) is 12.1 Å². The molecule has 0 saturated heterocycles. The SMILES string of the molecule is Cc1ccc(CCNC(=N)NC(=N)N)[nH]1. The monoisotopic (exact) mass is 208 g/mol. The van der Waals surface area contributed by atoms with Crippen molar-refractivity contribution >= 4 is 11.9 Å². The van der Waals surface area contributed by atoms with Crippen molar-refractivity contribution in [1.82, 2.24) is 15.6 Å². The molecule has 1 aromatic heterocycles. The molecule has 15 heavy (non-hydrogen) atoms. The molecule has 0 amide bonds. The summed E-state index contributed by atoms with van der Waals surface area (Å²) in [5.74, 6) is -0.186. The van der Waals surface area contributed by atoms with Crippen molar-refractivity contribution < 1.29 is 0 Å². The van der Waals surface area contributed by atoms with Crippen LogP contribution in [-0.4, -0.2) is 23.4 Å². The Kier molecular flexibility index (Phi) is 3.73. The molecular weight excluding hydrogens is 192 g/mol. The van der Waals surface area contributed by atoms with Crippen LogP contribution in [0.1, 0.15) is 11.4 Å². The maximum atomic E-state index is 7.34. The zero-order chi connectivity index (χ0) is 11.3. The molecule has 0 spiro atoms. The molecule has 82 valence electrons. The molecule has 0 bridgehead atoms. The van der Waals surface area contributed by atoms with Gasteiger partial charge in [0.15, 0.2) is 11.9 Å². The molecule has 1 aromatic rings. The first-order chi connectivity index (χ1) is 7.08. The topological polar surface area (TPSA) is 114 Å². The molecule has 0 aliphatic rings. The minimum atomic E-state index is -0.233. The number of rotatable bonds is 3. The highest BCUT2D eigenvalue weighted by Gasteiger charge is 1.98.